The molecule has 58 valence electrons. The average molecular weight is 144 g/mol. The Bertz CT molecular complexity index is 93.0. The number of hydrogen-bond acceptors (Lipinski definition) is 3. The van der Waals surface area contributed by atoms with Gasteiger partial charge in [-0.3, -0.25) is 0 Å². The summed E-state index contributed by atoms with van der Waals surface area (Å²) in [4.78, 5) is 20.1. The maximum atomic E-state index is 10.0. The third-order valence-electron chi connectivity index (χ3n) is 1.30. The van der Waals surface area contributed by atoms with Crippen LogP contribution in [0.25, 0.3) is 0 Å². The second-order valence-corrected chi connectivity index (χ2v) is 2.16. The van der Waals surface area contributed by atoms with Crippen molar-refractivity contribution < 1.29 is 14.7 Å². The van der Waals surface area contributed by atoms with Crippen LogP contribution >= 0.6 is 0 Å². The highest BCUT2D eigenvalue weighted by Gasteiger charge is 2.02. The monoisotopic (exact) mass is 144 g/mol. The number of unbranched alkanes of at least 4 members (excludes halogenated alkanes) is 1. The van der Waals surface area contributed by atoms with Crippen LogP contribution in [0, 0.1) is 5.92 Å². The predicted octanol–water partition coefficient (Wildman–Crippen LogP) is 0.163. The van der Waals surface area contributed by atoms with E-state index < -0.39 is 5.92 Å². The van der Waals surface area contributed by atoms with Gasteiger partial charge in [-0.25, -0.2) is 0 Å². The van der Waals surface area contributed by atoms with Gasteiger partial charge in [0.25, 0.3) is 0 Å². The van der Waals surface area contributed by atoms with Crippen LogP contribution in [0.1, 0.15) is 19.3 Å². The number of aliphatic hydroxyl groups is 1. The van der Waals surface area contributed by atoms with Crippen molar-refractivity contribution in [2.45, 2.75) is 19.3 Å². The second-order valence-electron chi connectivity index (χ2n) is 2.16. The Kier molecular flexibility index (Phi) is 5.97. The quantitative estimate of drug-likeness (QED) is 0.328. The molecule has 3 nitrogen and oxygen atoms in total. The molecule has 10 heavy (non-hydrogen) atoms. The zero-order chi connectivity index (χ0) is 7.82. The Morgan fingerprint density at radius 3 is 2.20 bits per heavy atom. The highest BCUT2D eigenvalue weighted by atomic mass is 16.2. The molecule has 1 N–H and O–H groups in total. The summed E-state index contributed by atoms with van der Waals surface area (Å²) in [6, 6.07) is 0. The second kappa shape index (κ2) is 6.42. The predicted molar refractivity (Wildman–Crippen MR) is 36.6 cm³/mol. The van der Waals surface area contributed by atoms with Gasteiger partial charge in [0.15, 0.2) is 0 Å². The first-order valence-corrected chi connectivity index (χ1v) is 3.36. The summed E-state index contributed by atoms with van der Waals surface area (Å²) in [7, 11) is 0. The molecule has 0 aromatic rings. The van der Waals surface area contributed by atoms with Crippen LogP contribution in [-0.4, -0.2) is 24.3 Å². The molecule has 0 unspecified atom stereocenters. The van der Waals surface area contributed by atoms with E-state index in [0.717, 1.165) is 6.42 Å². The van der Waals surface area contributed by atoms with E-state index in [9.17, 15) is 9.59 Å². The molecule has 0 bridgehead atoms. The normalized spacial score (nSPS) is 9.80. The maximum Gasteiger partial charge on any atom is 0.130 e. The largest absolute Gasteiger partial charge is 0.396 e. The van der Waals surface area contributed by atoms with Gasteiger partial charge in [-0.2, -0.15) is 0 Å². The van der Waals surface area contributed by atoms with Crippen LogP contribution in [-0.2, 0) is 9.59 Å². The summed E-state index contributed by atoms with van der Waals surface area (Å²) in [5.74, 6) is -0.466. The molecule has 0 amide bonds. The lowest BCUT2D eigenvalue weighted by atomic mass is 10.1. The summed E-state index contributed by atoms with van der Waals surface area (Å²) < 4.78 is 0. The third-order valence-corrected chi connectivity index (χ3v) is 1.30. The van der Waals surface area contributed by atoms with Crippen molar-refractivity contribution in [2.24, 2.45) is 5.92 Å². The zero-order valence-corrected chi connectivity index (χ0v) is 5.82. The van der Waals surface area contributed by atoms with Gasteiger partial charge in [-0.05, 0) is 12.8 Å². The van der Waals surface area contributed by atoms with Crippen LogP contribution < -0.4 is 0 Å². The van der Waals surface area contributed by atoms with Gasteiger partial charge < -0.3 is 14.7 Å². The van der Waals surface area contributed by atoms with E-state index in [1.807, 2.05) is 0 Å². The molecule has 0 aliphatic rings. The first-order chi connectivity index (χ1) is 4.85. The fourth-order valence-corrected chi connectivity index (χ4v) is 0.660. The Labute approximate surface area is 60.0 Å². The molecular weight excluding hydrogens is 132 g/mol. The van der Waals surface area contributed by atoms with Crippen molar-refractivity contribution in [3.63, 3.8) is 0 Å². The van der Waals surface area contributed by atoms with Crippen LogP contribution in [0.4, 0.5) is 0 Å². The number of hydrogen-bond donors (Lipinski definition) is 1. The van der Waals surface area contributed by atoms with Crippen LogP contribution in [0.2, 0.25) is 0 Å². The van der Waals surface area contributed by atoms with Crippen molar-refractivity contribution in [3.05, 3.63) is 0 Å². The Morgan fingerprint density at radius 1 is 1.20 bits per heavy atom. The van der Waals surface area contributed by atoms with Crippen molar-refractivity contribution in [3.8, 4) is 0 Å². The van der Waals surface area contributed by atoms with Gasteiger partial charge in [0, 0.05) is 6.61 Å². The number of aliphatic hydroxyl groups excluding tert-OH is 1. The lowest BCUT2D eigenvalue weighted by Gasteiger charge is -1.98. The molecule has 3 heteroatoms. The first-order valence-electron chi connectivity index (χ1n) is 3.36. The molecule has 0 fully saturated rings. The lowest BCUT2D eigenvalue weighted by molar-refractivity contribution is -0.119. The molecule has 0 heterocycles. The van der Waals surface area contributed by atoms with Gasteiger partial charge in [-0.1, -0.05) is 6.42 Å². The molecule has 0 aromatic carbocycles. The van der Waals surface area contributed by atoms with Gasteiger partial charge >= 0.3 is 0 Å². The topological polar surface area (TPSA) is 54.4 Å². The minimum atomic E-state index is -0.466. The smallest absolute Gasteiger partial charge is 0.130 e. The van der Waals surface area contributed by atoms with E-state index in [0.29, 0.717) is 25.4 Å². The maximum absolute atomic E-state index is 10.0. The molecule has 0 rings (SSSR count). The Morgan fingerprint density at radius 2 is 1.80 bits per heavy atom. The summed E-state index contributed by atoms with van der Waals surface area (Å²) >= 11 is 0. The van der Waals surface area contributed by atoms with Gasteiger partial charge in [-0.15, -0.1) is 0 Å². The van der Waals surface area contributed by atoms with Crippen molar-refractivity contribution in [2.75, 3.05) is 6.61 Å². The molecular formula is C7H12O3. The fraction of sp³-hybridized carbons (Fsp3) is 0.714. The SMILES string of the molecule is O=CC(C=O)CCCCO. The Balaban J connectivity index is 3.25. The zero-order valence-electron chi connectivity index (χ0n) is 5.82. The van der Waals surface area contributed by atoms with Crippen LogP contribution in [0.3, 0.4) is 0 Å². The number of rotatable bonds is 6. The number of carbonyl (C=O) groups is 2. The van der Waals surface area contributed by atoms with E-state index in [4.69, 9.17) is 5.11 Å². The molecule has 0 spiro atoms. The van der Waals surface area contributed by atoms with E-state index >= 15 is 0 Å². The summed E-state index contributed by atoms with van der Waals surface area (Å²) in [6.07, 6.45) is 3.25. The molecule has 0 saturated heterocycles. The highest BCUT2D eigenvalue weighted by Crippen LogP contribution is 2.02. The van der Waals surface area contributed by atoms with E-state index in [2.05, 4.69) is 0 Å². The fourth-order valence-electron chi connectivity index (χ4n) is 0.660. The van der Waals surface area contributed by atoms with Crippen molar-refractivity contribution in [1.29, 1.82) is 0 Å². The Hall–Kier alpha value is -0.700. The minimum Gasteiger partial charge on any atom is -0.396 e. The van der Waals surface area contributed by atoms with Crippen molar-refractivity contribution in [1.82, 2.24) is 0 Å². The van der Waals surface area contributed by atoms with E-state index in [1.54, 1.807) is 0 Å². The molecule has 0 aromatic heterocycles. The molecule has 0 radical (unpaired) electrons. The van der Waals surface area contributed by atoms with Crippen LogP contribution in [0.5, 0.6) is 0 Å². The number of carbonyl (C=O) groups excluding carboxylic acids is 2. The van der Waals surface area contributed by atoms with Crippen molar-refractivity contribution >= 4 is 12.6 Å². The van der Waals surface area contributed by atoms with Gasteiger partial charge in [0.1, 0.15) is 12.6 Å². The molecule has 0 saturated carbocycles. The highest BCUT2D eigenvalue weighted by molar-refractivity contribution is 5.77. The summed E-state index contributed by atoms with van der Waals surface area (Å²) in [5.41, 5.74) is 0. The summed E-state index contributed by atoms with van der Waals surface area (Å²) in [6.45, 7) is 0.129. The molecule has 0 atom stereocenters. The third kappa shape index (κ3) is 4.21. The first kappa shape index (κ1) is 9.30. The summed E-state index contributed by atoms with van der Waals surface area (Å²) in [5, 5.41) is 8.35. The van der Waals surface area contributed by atoms with E-state index in [-0.39, 0.29) is 6.61 Å². The lowest BCUT2D eigenvalue weighted by Crippen LogP contribution is -2.03. The standard InChI is InChI=1S/C7H12O3/c8-4-2-1-3-7(5-9)6-10/h5-8H,1-4H2. The van der Waals surface area contributed by atoms with Crippen LogP contribution in [0.15, 0.2) is 0 Å². The average Bonchev–Trinajstić information content (AvgIpc) is 1.99. The van der Waals surface area contributed by atoms with Gasteiger partial charge in [0.05, 0.1) is 5.92 Å². The van der Waals surface area contributed by atoms with Gasteiger partial charge in [0.2, 0.25) is 0 Å². The minimum absolute atomic E-state index is 0.129. The van der Waals surface area contributed by atoms with E-state index in [1.165, 1.54) is 0 Å². The molecule has 0 aliphatic heterocycles. The molecule has 0 aliphatic carbocycles. The number of aldehydes is 2.